The molecule has 2 heterocycles. The van der Waals surface area contributed by atoms with Gasteiger partial charge in [0, 0.05) is 23.5 Å². The summed E-state index contributed by atoms with van der Waals surface area (Å²) in [6, 6.07) is 16.7. The van der Waals surface area contributed by atoms with Crippen LogP contribution in [0, 0.1) is 0 Å². The first-order chi connectivity index (χ1) is 18.5. The Bertz CT molecular complexity index is 1560. The molecule has 1 aromatic heterocycles. The summed E-state index contributed by atoms with van der Waals surface area (Å²) in [4.78, 5) is 40.0. The van der Waals surface area contributed by atoms with Crippen LogP contribution in [0.4, 0.5) is 5.69 Å². The van der Waals surface area contributed by atoms with E-state index in [0.717, 1.165) is 0 Å². The molecule has 9 nitrogen and oxygen atoms in total. The summed E-state index contributed by atoms with van der Waals surface area (Å²) in [6.45, 7) is 2.94. The van der Waals surface area contributed by atoms with Crippen molar-refractivity contribution in [2.45, 2.75) is 13.5 Å². The summed E-state index contributed by atoms with van der Waals surface area (Å²) in [6.07, 6.45) is 1.42. The predicted molar refractivity (Wildman–Crippen MR) is 142 cm³/mol. The minimum absolute atomic E-state index is 0.0596. The lowest BCUT2D eigenvalue weighted by Gasteiger charge is -2.20. The van der Waals surface area contributed by atoms with Crippen LogP contribution in [0.2, 0.25) is 0 Å². The molecule has 38 heavy (non-hydrogen) atoms. The van der Waals surface area contributed by atoms with Gasteiger partial charge in [-0.05, 0) is 61.5 Å². The molecule has 5 rings (SSSR count). The molecule has 0 spiro atoms. The van der Waals surface area contributed by atoms with E-state index in [9.17, 15) is 14.4 Å². The topological polar surface area (TPSA) is 105 Å². The van der Waals surface area contributed by atoms with Crippen molar-refractivity contribution in [1.82, 2.24) is 4.57 Å². The van der Waals surface area contributed by atoms with Crippen molar-refractivity contribution < 1.29 is 28.5 Å². The molecule has 9 heteroatoms. The van der Waals surface area contributed by atoms with E-state index >= 15 is 0 Å². The third-order valence-electron chi connectivity index (χ3n) is 6.10. The Kier molecular flexibility index (Phi) is 6.99. The van der Waals surface area contributed by atoms with Gasteiger partial charge in [0.25, 0.3) is 0 Å². The van der Waals surface area contributed by atoms with Gasteiger partial charge in [-0.2, -0.15) is 0 Å². The molecule has 0 bridgehead atoms. The van der Waals surface area contributed by atoms with E-state index < -0.39 is 11.2 Å². The van der Waals surface area contributed by atoms with Gasteiger partial charge in [-0.3, -0.25) is 14.4 Å². The fourth-order valence-electron chi connectivity index (χ4n) is 4.27. The number of nitrogens with one attached hydrogen (secondary N) is 1. The van der Waals surface area contributed by atoms with Gasteiger partial charge in [-0.15, -0.1) is 0 Å². The number of fused-ring (bicyclic) bond motifs is 2. The highest BCUT2D eigenvalue weighted by Gasteiger charge is 2.22. The van der Waals surface area contributed by atoms with Crippen LogP contribution in [0.25, 0.3) is 10.9 Å². The van der Waals surface area contributed by atoms with E-state index in [-0.39, 0.29) is 23.4 Å². The summed E-state index contributed by atoms with van der Waals surface area (Å²) in [5.41, 5.74) is 0.850. The SMILES string of the molecule is CCOc1ccc(C(=O)c2cn(CC(=O)Nc3ccc(OC)cc3)c3cc4c(cc3c2=O)OCCO4)cc1. The monoisotopic (exact) mass is 514 g/mol. The van der Waals surface area contributed by atoms with Crippen molar-refractivity contribution in [3.63, 3.8) is 0 Å². The van der Waals surface area contributed by atoms with Gasteiger partial charge in [0.2, 0.25) is 11.3 Å². The van der Waals surface area contributed by atoms with Gasteiger partial charge in [-0.1, -0.05) is 0 Å². The number of carbonyl (C=O) groups excluding carboxylic acids is 2. The number of benzene rings is 3. The fraction of sp³-hybridized carbons (Fsp3) is 0.207. The molecule has 1 aliphatic heterocycles. The average molecular weight is 515 g/mol. The Morgan fingerprint density at radius 3 is 2.26 bits per heavy atom. The molecule has 0 atom stereocenters. The molecular formula is C29H26N2O7. The molecule has 0 aliphatic carbocycles. The van der Waals surface area contributed by atoms with Crippen LogP contribution in [0.15, 0.2) is 71.7 Å². The molecule has 1 aliphatic rings. The van der Waals surface area contributed by atoms with Gasteiger partial charge >= 0.3 is 0 Å². The van der Waals surface area contributed by atoms with E-state index in [4.69, 9.17) is 18.9 Å². The van der Waals surface area contributed by atoms with Crippen LogP contribution in [-0.4, -0.2) is 43.2 Å². The molecule has 194 valence electrons. The molecule has 0 unspecified atom stereocenters. The Morgan fingerprint density at radius 2 is 1.61 bits per heavy atom. The first-order valence-electron chi connectivity index (χ1n) is 12.1. The van der Waals surface area contributed by atoms with Crippen LogP contribution in [0.1, 0.15) is 22.8 Å². The minimum Gasteiger partial charge on any atom is -0.497 e. The van der Waals surface area contributed by atoms with Gasteiger partial charge in [0.1, 0.15) is 31.3 Å². The largest absolute Gasteiger partial charge is 0.497 e. The van der Waals surface area contributed by atoms with Crippen LogP contribution in [-0.2, 0) is 11.3 Å². The van der Waals surface area contributed by atoms with Crippen molar-refractivity contribution in [3.05, 3.63) is 88.2 Å². The molecule has 1 N–H and O–H groups in total. The zero-order valence-electron chi connectivity index (χ0n) is 21.0. The number of ether oxygens (including phenoxy) is 4. The maximum absolute atomic E-state index is 13.5. The number of nitrogens with zero attached hydrogens (tertiary/aromatic N) is 1. The number of hydrogen-bond acceptors (Lipinski definition) is 7. The van der Waals surface area contributed by atoms with Gasteiger partial charge < -0.3 is 28.8 Å². The molecule has 4 aromatic rings. The van der Waals surface area contributed by atoms with Gasteiger partial charge in [-0.25, -0.2) is 0 Å². The number of amides is 1. The standard InChI is InChI=1S/C29H26N2O7/c1-3-36-21-8-4-18(5-9-21)28(33)23-16-31(17-27(32)30-19-6-10-20(35-2)11-7-19)24-15-26-25(37-12-13-38-26)14-22(24)29(23)34/h4-11,14-16H,3,12-13,17H2,1-2H3,(H,30,32). The zero-order valence-corrected chi connectivity index (χ0v) is 21.0. The molecular weight excluding hydrogens is 488 g/mol. The highest BCUT2D eigenvalue weighted by molar-refractivity contribution is 6.10. The fourth-order valence-corrected chi connectivity index (χ4v) is 4.27. The minimum atomic E-state index is -0.459. The number of ketones is 1. The number of aromatic nitrogens is 1. The van der Waals surface area contributed by atoms with Crippen molar-refractivity contribution >= 4 is 28.3 Å². The smallest absolute Gasteiger partial charge is 0.244 e. The second kappa shape index (κ2) is 10.7. The van der Waals surface area contributed by atoms with Crippen LogP contribution < -0.4 is 29.7 Å². The van der Waals surface area contributed by atoms with E-state index in [2.05, 4.69) is 5.32 Å². The zero-order chi connectivity index (χ0) is 26.6. The van der Waals surface area contributed by atoms with E-state index in [1.54, 1.807) is 72.3 Å². The molecule has 0 fully saturated rings. The van der Waals surface area contributed by atoms with Crippen molar-refractivity contribution in [2.75, 3.05) is 32.2 Å². The summed E-state index contributed by atoms with van der Waals surface area (Å²) in [5.74, 6) is 1.38. The van der Waals surface area contributed by atoms with Crippen molar-refractivity contribution in [3.8, 4) is 23.0 Å². The lowest BCUT2D eigenvalue weighted by Crippen LogP contribution is -2.25. The molecule has 3 aromatic carbocycles. The summed E-state index contributed by atoms with van der Waals surface area (Å²) in [5, 5.41) is 3.09. The predicted octanol–water partition coefficient (Wildman–Crippen LogP) is 4.05. The quantitative estimate of drug-likeness (QED) is 0.354. The lowest BCUT2D eigenvalue weighted by atomic mass is 10.0. The number of pyridine rings is 1. The van der Waals surface area contributed by atoms with Crippen LogP contribution in [0.5, 0.6) is 23.0 Å². The molecule has 0 saturated carbocycles. The lowest BCUT2D eigenvalue weighted by molar-refractivity contribution is -0.116. The molecule has 1 amide bonds. The van der Waals surface area contributed by atoms with Crippen LogP contribution >= 0.6 is 0 Å². The highest BCUT2D eigenvalue weighted by atomic mass is 16.6. The van der Waals surface area contributed by atoms with E-state index in [0.29, 0.717) is 59.6 Å². The molecule has 0 radical (unpaired) electrons. The average Bonchev–Trinajstić information content (AvgIpc) is 2.94. The first kappa shape index (κ1) is 24.9. The number of rotatable bonds is 8. The van der Waals surface area contributed by atoms with Gasteiger partial charge in [0.05, 0.1) is 30.2 Å². The third-order valence-corrected chi connectivity index (χ3v) is 6.10. The Labute approximate surface area is 218 Å². The van der Waals surface area contributed by atoms with E-state index in [1.165, 1.54) is 6.20 Å². The number of anilines is 1. The number of carbonyl (C=O) groups is 2. The molecule has 0 saturated heterocycles. The second-order valence-electron chi connectivity index (χ2n) is 8.58. The summed E-state index contributed by atoms with van der Waals surface area (Å²) in [7, 11) is 1.56. The maximum atomic E-state index is 13.5. The van der Waals surface area contributed by atoms with E-state index in [1.807, 2.05) is 6.92 Å². The summed E-state index contributed by atoms with van der Waals surface area (Å²) >= 11 is 0. The third kappa shape index (κ3) is 5.04. The second-order valence-corrected chi connectivity index (χ2v) is 8.58. The highest BCUT2D eigenvalue weighted by Crippen LogP contribution is 2.34. The maximum Gasteiger partial charge on any atom is 0.244 e. The number of methoxy groups -OCH3 is 1. The van der Waals surface area contributed by atoms with Crippen molar-refractivity contribution in [1.29, 1.82) is 0 Å². The van der Waals surface area contributed by atoms with Crippen molar-refractivity contribution in [2.24, 2.45) is 0 Å². The normalized spacial score (nSPS) is 12.2. The van der Waals surface area contributed by atoms with Gasteiger partial charge in [0.15, 0.2) is 17.3 Å². The Hall–Kier alpha value is -4.79. The number of hydrogen-bond donors (Lipinski definition) is 1. The first-order valence-corrected chi connectivity index (χ1v) is 12.1. The Morgan fingerprint density at radius 1 is 0.947 bits per heavy atom. The summed E-state index contributed by atoms with van der Waals surface area (Å²) < 4.78 is 23.5. The van der Waals surface area contributed by atoms with Crippen LogP contribution in [0.3, 0.4) is 0 Å². The Balaban J connectivity index is 1.54.